The molecule has 1 aliphatic heterocycles. The van der Waals surface area contributed by atoms with Gasteiger partial charge in [-0.1, -0.05) is 29.8 Å². The average Bonchev–Trinajstić information content (AvgIpc) is 3.10. The quantitative estimate of drug-likeness (QED) is 0.630. The number of hydrogen-bond acceptors (Lipinski definition) is 3. The lowest BCUT2D eigenvalue weighted by atomic mass is 9.86. The van der Waals surface area contributed by atoms with Gasteiger partial charge in [-0.25, -0.2) is 0 Å². The van der Waals surface area contributed by atoms with E-state index in [9.17, 15) is 18.0 Å². The second-order valence-corrected chi connectivity index (χ2v) is 7.19. The largest absolute Gasteiger partial charge is 0.416 e. The lowest BCUT2D eigenvalue weighted by molar-refractivity contribution is -0.138. The summed E-state index contributed by atoms with van der Waals surface area (Å²) >= 11 is 5.98. The van der Waals surface area contributed by atoms with Gasteiger partial charge in [-0.15, -0.1) is 10.2 Å². The highest BCUT2D eigenvalue weighted by Crippen LogP contribution is 2.38. The van der Waals surface area contributed by atoms with Gasteiger partial charge in [0.2, 0.25) is 5.82 Å². The van der Waals surface area contributed by atoms with E-state index in [1.807, 2.05) is 0 Å². The number of hydrogen-bond donors (Lipinski definition) is 0. The molecule has 146 valence electrons. The molecule has 9 heteroatoms. The molecule has 0 atom stereocenters. The number of fused-ring (bicyclic) bond motifs is 1. The van der Waals surface area contributed by atoms with Gasteiger partial charge in [0.1, 0.15) is 0 Å². The van der Waals surface area contributed by atoms with Crippen molar-refractivity contribution in [2.24, 2.45) is 0 Å². The summed E-state index contributed by atoms with van der Waals surface area (Å²) in [4.78, 5) is 14.4. The van der Waals surface area contributed by atoms with Gasteiger partial charge in [0.05, 0.1) is 10.6 Å². The van der Waals surface area contributed by atoms with Crippen molar-refractivity contribution in [2.75, 3.05) is 13.1 Å². The topological polar surface area (TPSA) is 50.5 Å². The standard InChI is InChI=1S/C19H16ClF3N4O/c20-13-5-6-16-24-25-17(27(16)11-13)18(28)26-9-7-12(8-10-26)14-3-1-2-4-15(14)19(21,22)23/h1-6,11-12H,7-10H2. The Bertz CT molecular complexity index is 1030. The molecule has 1 saturated heterocycles. The second kappa shape index (κ2) is 7.09. The Morgan fingerprint density at radius 1 is 1.07 bits per heavy atom. The number of rotatable bonds is 2. The Labute approximate surface area is 163 Å². The van der Waals surface area contributed by atoms with Crippen LogP contribution in [-0.2, 0) is 6.18 Å². The van der Waals surface area contributed by atoms with Gasteiger partial charge in [0.25, 0.3) is 5.91 Å². The number of alkyl halides is 3. The van der Waals surface area contributed by atoms with Gasteiger partial charge in [0.15, 0.2) is 5.65 Å². The molecule has 0 saturated carbocycles. The number of carbonyl (C=O) groups excluding carboxylic acids is 1. The predicted molar refractivity (Wildman–Crippen MR) is 97.3 cm³/mol. The number of benzene rings is 1. The van der Waals surface area contributed by atoms with Crippen LogP contribution in [0, 0.1) is 0 Å². The zero-order valence-electron chi connectivity index (χ0n) is 14.7. The molecule has 0 bridgehead atoms. The van der Waals surface area contributed by atoms with E-state index in [4.69, 9.17) is 11.6 Å². The molecule has 4 rings (SSSR count). The summed E-state index contributed by atoms with van der Waals surface area (Å²) in [6.45, 7) is 0.705. The minimum Gasteiger partial charge on any atom is -0.336 e. The molecule has 1 aromatic carbocycles. The summed E-state index contributed by atoms with van der Waals surface area (Å²) in [5.74, 6) is -0.407. The molecule has 1 amide bonds. The fraction of sp³-hybridized carbons (Fsp3) is 0.316. The summed E-state index contributed by atoms with van der Waals surface area (Å²) in [7, 11) is 0. The van der Waals surface area contributed by atoms with Crippen molar-refractivity contribution in [2.45, 2.75) is 24.9 Å². The number of piperidine rings is 1. The number of carbonyl (C=O) groups is 1. The molecule has 0 N–H and O–H groups in total. The highest BCUT2D eigenvalue weighted by atomic mass is 35.5. The SMILES string of the molecule is O=C(c1nnc2ccc(Cl)cn12)N1CCC(c2ccccc2C(F)(F)F)CC1. The van der Waals surface area contributed by atoms with Crippen LogP contribution in [0.25, 0.3) is 5.65 Å². The lowest BCUT2D eigenvalue weighted by Crippen LogP contribution is -2.39. The van der Waals surface area contributed by atoms with E-state index in [2.05, 4.69) is 10.2 Å². The van der Waals surface area contributed by atoms with E-state index in [1.165, 1.54) is 16.5 Å². The summed E-state index contributed by atoms with van der Waals surface area (Å²) in [5.41, 5.74) is 0.196. The van der Waals surface area contributed by atoms with Gasteiger partial charge >= 0.3 is 6.18 Å². The molecule has 2 aromatic heterocycles. The molecule has 5 nitrogen and oxygen atoms in total. The number of amides is 1. The third-order valence-corrected chi connectivity index (χ3v) is 5.27. The van der Waals surface area contributed by atoms with Crippen molar-refractivity contribution < 1.29 is 18.0 Å². The number of likely N-dealkylation sites (tertiary alicyclic amines) is 1. The van der Waals surface area contributed by atoms with Gasteiger partial charge < -0.3 is 4.90 Å². The molecule has 1 aliphatic rings. The third-order valence-electron chi connectivity index (χ3n) is 5.05. The molecular formula is C19H16ClF3N4O. The Hall–Kier alpha value is -2.61. The summed E-state index contributed by atoms with van der Waals surface area (Å²) in [6, 6.07) is 8.97. The summed E-state index contributed by atoms with van der Waals surface area (Å²) < 4.78 is 41.4. The van der Waals surface area contributed by atoms with Crippen LogP contribution < -0.4 is 0 Å². The average molecular weight is 409 g/mol. The summed E-state index contributed by atoms with van der Waals surface area (Å²) in [5, 5.41) is 8.36. The maximum atomic E-state index is 13.3. The number of aromatic nitrogens is 3. The molecule has 3 heterocycles. The normalized spacial score (nSPS) is 15.9. The smallest absolute Gasteiger partial charge is 0.336 e. The molecule has 3 aromatic rings. The van der Waals surface area contributed by atoms with Gasteiger partial charge in [-0.05, 0) is 42.5 Å². The van der Waals surface area contributed by atoms with Gasteiger partial charge in [0, 0.05) is 19.3 Å². The van der Waals surface area contributed by atoms with E-state index >= 15 is 0 Å². The minimum atomic E-state index is -4.39. The Kier molecular flexibility index (Phi) is 4.74. The van der Waals surface area contributed by atoms with Crippen LogP contribution in [0.2, 0.25) is 5.02 Å². The van der Waals surface area contributed by atoms with Crippen LogP contribution in [0.5, 0.6) is 0 Å². The van der Waals surface area contributed by atoms with Crippen LogP contribution in [0.3, 0.4) is 0 Å². The van der Waals surface area contributed by atoms with Crippen LogP contribution in [-0.4, -0.2) is 38.5 Å². The zero-order valence-corrected chi connectivity index (χ0v) is 15.4. The Morgan fingerprint density at radius 3 is 2.50 bits per heavy atom. The zero-order chi connectivity index (χ0) is 19.9. The molecule has 0 aliphatic carbocycles. The monoisotopic (exact) mass is 408 g/mol. The first-order valence-corrected chi connectivity index (χ1v) is 9.18. The van der Waals surface area contributed by atoms with Crippen molar-refractivity contribution in [3.63, 3.8) is 0 Å². The van der Waals surface area contributed by atoms with Crippen molar-refractivity contribution >= 4 is 23.2 Å². The molecule has 0 unspecified atom stereocenters. The fourth-order valence-electron chi connectivity index (χ4n) is 3.66. The number of nitrogens with zero attached hydrogens (tertiary/aromatic N) is 4. The molecule has 0 radical (unpaired) electrons. The van der Waals surface area contributed by atoms with E-state index in [-0.39, 0.29) is 17.6 Å². The predicted octanol–water partition coefficient (Wildman–Crippen LogP) is 4.42. The maximum Gasteiger partial charge on any atom is 0.416 e. The Balaban J connectivity index is 1.52. The van der Waals surface area contributed by atoms with Gasteiger partial charge in [-0.3, -0.25) is 9.20 Å². The van der Waals surface area contributed by atoms with Crippen molar-refractivity contribution in [1.82, 2.24) is 19.5 Å². The number of halogens is 4. The van der Waals surface area contributed by atoms with Crippen molar-refractivity contribution in [1.29, 1.82) is 0 Å². The highest BCUT2D eigenvalue weighted by Gasteiger charge is 2.36. The van der Waals surface area contributed by atoms with E-state index in [1.54, 1.807) is 29.3 Å². The van der Waals surface area contributed by atoms with Crippen molar-refractivity contribution in [3.05, 3.63) is 64.6 Å². The summed E-state index contributed by atoms with van der Waals surface area (Å²) in [6.07, 6.45) is -1.91. The Morgan fingerprint density at radius 2 is 1.79 bits per heavy atom. The first-order valence-electron chi connectivity index (χ1n) is 8.80. The van der Waals surface area contributed by atoms with E-state index < -0.39 is 11.7 Å². The lowest BCUT2D eigenvalue weighted by Gasteiger charge is -2.32. The van der Waals surface area contributed by atoms with Crippen LogP contribution in [0.4, 0.5) is 13.2 Å². The van der Waals surface area contributed by atoms with Crippen molar-refractivity contribution in [3.8, 4) is 0 Å². The second-order valence-electron chi connectivity index (χ2n) is 6.75. The van der Waals surface area contributed by atoms with Crippen LogP contribution >= 0.6 is 11.6 Å². The molecule has 28 heavy (non-hydrogen) atoms. The fourth-order valence-corrected chi connectivity index (χ4v) is 3.82. The minimum absolute atomic E-state index is 0.145. The molecule has 1 fully saturated rings. The van der Waals surface area contributed by atoms with Crippen LogP contribution in [0.1, 0.15) is 40.5 Å². The van der Waals surface area contributed by atoms with E-state index in [0.717, 1.165) is 6.07 Å². The van der Waals surface area contributed by atoms with E-state index in [0.29, 0.717) is 42.2 Å². The number of pyridine rings is 1. The highest BCUT2D eigenvalue weighted by molar-refractivity contribution is 6.30. The maximum absolute atomic E-state index is 13.3. The molecule has 0 spiro atoms. The van der Waals surface area contributed by atoms with Crippen LogP contribution in [0.15, 0.2) is 42.6 Å². The third kappa shape index (κ3) is 3.44. The first kappa shape index (κ1) is 18.7. The van der Waals surface area contributed by atoms with Gasteiger partial charge in [-0.2, -0.15) is 13.2 Å². The first-order chi connectivity index (χ1) is 13.3. The molecular weight excluding hydrogens is 393 g/mol.